The van der Waals surface area contributed by atoms with E-state index in [0.717, 1.165) is 17.3 Å². The fourth-order valence-corrected chi connectivity index (χ4v) is 2.61. The third-order valence-corrected chi connectivity index (χ3v) is 3.70. The first-order valence-corrected chi connectivity index (χ1v) is 7.53. The fraction of sp³-hybridized carbons (Fsp3) is 0.333. The van der Waals surface area contributed by atoms with Gasteiger partial charge in [0.1, 0.15) is 5.82 Å². The summed E-state index contributed by atoms with van der Waals surface area (Å²) in [6.45, 7) is 6.44. The van der Waals surface area contributed by atoms with E-state index in [9.17, 15) is 9.18 Å². The zero-order valence-electron chi connectivity index (χ0n) is 12.2. The fourth-order valence-electron chi connectivity index (χ4n) is 1.76. The Balaban J connectivity index is 2.15. The number of hydrogen-bond donors (Lipinski definition) is 2. The smallest absolute Gasteiger partial charge is 0.251 e. The van der Waals surface area contributed by atoms with E-state index in [1.165, 1.54) is 12.1 Å². The number of halogens is 1. The summed E-state index contributed by atoms with van der Waals surface area (Å²) in [6.07, 6.45) is 0. The minimum atomic E-state index is -0.313. The van der Waals surface area contributed by atoms with Gasteiger partial charge in [0.05, 0.1) is 4.90 Å². The van der Waals surface area contributed by atoms with Gasteiger partial charge in [-0.05, 0) is 36.4 Å². The quantitative estimate of drug-likeness (QED) is 0.834. The first kappa shape index (κ1) is 15.7. The highest BCUT2D eigenvalue weighted by Gasteiger charge is 2.08. The number of rotatable bonds is 5. The van der Waals surface area contributed by atoms with Crippen LogP contribution in [0.2, 0.25) is 0 Å². The van der Waals surface area contributed by atoms with Gasteiger partial charge in [0, 0.05) is 24.3 Å². The highest BCUT2D eigenvalue weighted by molar-refractivity contribution is 7.99. The second kappa shape index (κ2) is 6.87. The summed E-state index contributed by atoms with van der Waals surface area (Å²) < 4.78 is 14.1. The van der Waals surface area contributed by atoms with Crippen LogP contribution in [-0.4, -0.2) is 16.0 Å². The van der Waals surface area contributed by atoms with Gasteiger partial charge >= 0.3 is 0 Å². The van der Waals surface area contributed by atoms with Crippen molar-refractivity contribution in [3.05, 3.63) is 51.7 Å². The molecule has 0 fully saturated rings. The molecule has 0 amide bonds. The molecular formula is C15H18FN3OS. The third-order valence-electron chi connectivity index (χ3n) is 2.77. The summed E-state index contributed by atoms with van der Waals surface area (Å²) in [7, 11) is 0. The van der Waals surface area contributed by atoms with Gasteiger partial charge in [-0.1, -0.05) is 19.9 Å². The van der Waals surface area contributed by atoms with Crippen molar-refractivity contribution in [2.75, 3.05) is 0 Å². The molecule has 4 nitrogen and oxygen atoms in total. The van der Waals surface area contributed by atoms with E-state index in [-0.39, 0.29) is 11.4 Å². The molecule has 112 valence electrons. The van der Waals surface area contributed by atoms with Gasteiger partial charge in [-0.15, -0.1) is 0 Å². The Labute approximate surface area is 127 Å². The lowest BCUT2D eigenvalue weighted by molar-refractivity contribution is 0.574. The van der Waals surface area contributed by atoms with E-state index >= 15 is 0 Å². The summed E-state index contributed by atoms with van der Waals surface area (Å²) in [5.41, 5.74) is 1.26. The Kier molecular flexibility index (Phi) is 5.14. The SMILES string of the molecule is Cc1cc(=O)[nH]c(Sc2ccc(CNC(C)C)cc2F)n1. The molecule has 0 bridgehead atoms. The molecule has 0 spiro atoms. The molecule has 1 heterocycles. The lowest BCUT2D eigenvalue weighted by Gasteiger charge is -2.09. The van der Waals surface area contributed by atoms with Gasteiger partial charge in [0.25, 0.3) is 5.56 Å². The average Bonchev–Trinajstić information content (AvgIpc) is 2.38. The summed E-state index contributed by atoms with van der Waals surface area (Å²) >= 11 is 1.11. The molecule has 1 aromatic heterocycles. The van der Waals surface area contributed by atoms with Crippen molar-refractivity contribution >= 4 is 11.8 Å². The van der Waals surface area contributed by atoms with Crippen molar-refractivity contribution in [1.29, 1.82) is 0 Å². The Hall–Kier alpha value is -1.66. The molecule has 0 saturated heterocycles. The maximum Gasteiger partial charge on any atom is 0.251 e. The number of aromatic nitrogens is 2. The van der Waals surface area contributed by atoms with Crippen LogP contribution in [0.1, 0.15) is 25.1 Å². The van der Waals surface area contributed by atoms with E-state index in [1.807, 2.05) is 19.9 Å². The van der Waals surface area contributed by atoms with Gasteiger partial charge in [-0.25, -0.2) is 9.37 Å². The topological polar surface area (TPSA) is 57.8 Å². The van der Waals surface area contributed by atoms with Crippen LogP contribution < -0.4 is 10.9 Å². The standard InChI is InChI=1S/C15H18FN3OS/c1-9(2)17-8-11-4-5-13(12(16)7-11)21-15-18-10(3)6-14(20)19-15/h4-7,9,17H,8H2,1-3H3,(H,18,19,20). The molecule has 1 aromatic carbocycles. The summed E-state index contributed by atoms with van der Waals surface area (Å²) in [5, 5.41) is 3.64. The molecule has 0 aliphatic heterocycles. The Morgan fingerprint density at radius 2 is 2.14 bits per heavy atom. The van der Waals surface area contributed by atoms with Crippen LogP contribution in [0.25, 0.3) is 0 Å². The monoisotopic (exact) mass is 307 g/mol. The second-order valence-corrected chi connectivity index (χ2v) is 6.13. The lowest BCUT2D eigenvalue weighted by atomic mass is 10.2. The zero-order chi connectivity index (χ0) is 15.4. The highest BCUT2D eigenvalue weighted by Crippen LogP contribution is 2.27. The molecule has 0 unspecified atom stereocenters. The number of aryl methyl sites for hydroxylation is 1. The molecule has 0 atom stereocenters. The van der Waals surface area contributed by atoms with Crippen molar-refractivity contribution in [1.82, 2.24) is 15.3 Å². The summed E-state index contributed by atoms with van der Waals surface area (Å²) in [5.74, 6) is -0.313. The van der Waals surface area contributed by atoms with Crippen LogP contribution in [0.4, 0.5) is 4.39 Å². The van der Waals surface area contributed by atoms with Gasteiger partial charge in [0.2, 0.25) is 0 Å². The Morgan fingerprint density at radius 3 is 2.76 bits per heavy atom. The van der Waals surface area contributed by atoms with Crippen LogP contribution in [0.15, 0.2) is 39.1 Å². The van der Waals surface area contributed by atoms with E-state index in [0.29, 0.717) is 28.3 Å². The largest absolute Gasteiger partial charge is 0.310 e. The van der Waals surface area contributed by atoms with Crippen LogP contribution in [0.5, 0.6) is 0 Å². The van der Waals surface area contributed by atoms with Crippen LogP contribution in [-0.2, 0) is 6.54 Å². The minimum Gasteiger partial charge on any atom is -0.310 e. The van der Waals surface area contributed by atoms with Gasteiger partial charge in [0.15, 0.2) is 5.16 Å². The first-order valence-electron chi connectivity index (χ1n) is 6.71. The molecule has 2 aromatic rings. The van der Waals surface area contributed by atoms with Crippen molar-refractivity contribution in [2.45, 2.75) is 43.4 Å². The summed E-state index contributed by atoms with van der Waals surface area (Å²) in [4.78, 5) is 18.6. The molecule has 2 N–H and O–H groups in total. The van der Waals surface area contributed by atoms with Crippen molar-refractivity contribution in [3.8, 4) is 0 Å². The van der Waals surface area contributed by atoms with Gasteiger partial charge in [-0.2, -0.15) is 0 Å². The van der Waals surface area contributed by atoms with E-state index in [1.54, 1.807) is 13.0 Å². The molecule has 6 heteroatoms. The molecule has 21 heavy (non-hydrogen) atoms. The minimum absolute atomic E-state index is 0.233. The molecular weight excluding hydrogens is 289 g/mol. The molecule has 0 aliphatic rings. The summed E-state index contributed by atoms with van der Waals surface area (Å²) in [6, 6.07) is 6.84. The Bertz CT molecular complexity index is 685. The van der Waals surface area contributed by atoms with Crippen LogP contribution in [0.3, 0.4) is 0 Å². The van der Waals surface area contributed by atoms with Crippen molar-refractivity contribution in [3.63, 3.8) is 0 Å². The van der Waals surface area contributed by atoms with E-state index < -0.39 is 0 Å². The van der Waals surface area contributed by atoms with Crippen LogP contribution in [0, 0.1) is 12.7 Å². The normalized spacial score (nSPS) is 11.1. The molecule has 0 saturated carbocycles. The molecule has 2 rings (SSSR count). The number of nitrogens with zero attached hydrogens (tertiary/aromatic N) is 1. The Morgan fingerprint density at radius 1 is 1.38 bits per heavy atom. The third kappa shape index (κ3) is 4.68. The number of benzene rings is 1. The number of nitrogens with one attached hydrogen (secondary N) is 2. The number of H-pyrrole nitrogens is 1. The number of hydrogen-bond acceptors (Lipinski definition) is 4. The van der Waals surface area contributed by atoms with E-state index in [2.05, 4.69) is 15.3 Å². The van der Waals surface area contributed by atoms with Crippen LogP contribution >= 0.6 is 11.8 Å². The van der Waals surface area contributed by atoms with Crippen molar-refractivity contribution in [2.24, 2.45) is 0 Å². The van der Waals surface area contributed by atoms with Gasteiger partial charge in [-0.3, -0.25) is 4.79 Å². The van der Waals surface area contributed by atoms with E-state index in [4.69, 9.17) is 0 Å². The molecule has 0 radical (unpaired) electrons. The predicted molar refractivity (Wildman–Crippen MR) is 82.1 cm³/mol. The first-order chi connectivity index (χ1) is 9.94. The lowest BCUT2D eigenvalue weighted by Crippen LogP contribution is -2.21. The number of aromatic amines is 1. The predicted octanol–water partition coefficient (Wildman–Crippen LogP) is 2.87. The van der Waals surface area contributed by atoms with Gasteiger partial charge < -0.3 is 10.3 Å². The average molecular weight is 307 g/mol. The second-order valence-electron chi connectivity index (χ2n) is 5.09. The zero-order valence-corrected chi connectivity index (χ0v) is 13.1. The maximum atomic E-state index is 14.1. The molecule has 0 aliphatic carbocycles. The highest BCUT2D eigenvalue weighted by atomic mass is 32.2. The van der Waals surface area contributed by atoms with Crippen molar-refractivity contribution < 1.29 is 4.39 Å². The maximum absolute atomic E-state index is 14.1.